The Bertz CT molecular complexity index is 554. The second kappa shape index (κ2) is 6.07. The Hall–Kier alpha value is -1.85. The molecule has 2 rings (SSSR count). The summed E-state index contributed by atoms with van der Waals surface area (Å²) in [4.78, 5) is 8.95. The van der Waals surface area contributed by atoms with E-state index >= 15 is 0 Å². The van der Waals surface area contributed by atoms with Crippen molar-refractivity contribution in [2.45, 2.75) is 40.5 Å². The number of H-pyrrole nitrogens is 1. The Morgan fingerprint density at radius 2 is 1.95 bits per heavy atom. The average molecular weight is 276 g/mol. The number of nitrogens with one attached hydrogen (secondary N) is 3. The Balaban J connectivity index is 2.15. The van der Waals surface area contributed by atoms with Crippen LogP contribution in [-0.4, -0.2) is 33.3 Å². The Morgan fingerprint density at radius 3 is 2.65 bits per heavy atom. The van der Waals surface area contributed by atoms with Crippen LogP contribution in [0.5, 0.6) is 0 Å². The van der Waals surface area contributed by atoms with Crippen molar-refractivity contribution in [2.24, 2.45) is 5.41 Å². The number of fused-ring (bicyclic) bond motifs is 1. The minimum Gasteiger partial charge on any atom is -0.369 e. The van der Waals surface area contributed by atoms with Crippen LogP contribution >= 0.6 is 0 Å². The molecule has 20 heavy (non-hydrogen) atoms. The van der Waals surface area contributed by atoms with Crippen LogP contribution in [0.1, 0.15) is 40.5 Å². The molecule has 0 fully saturated rings. The zero-order valence-electron chi connectivity index (χ0n) is 12.7. The van der Waals surface area contributed by atoms with Crippen LogP contribution in [-0.2, 0) is 0 Å². The van der Waals surface area contributed by atoms with E-state index in [0.29, 0.717) is 11.4 Å². The highest BCUT2D eigenvalue weighted by Crippen LogP contribution is 2.22. The average Bonchev–Trinajstić information content (AvgIpc) is 2.83. The summed E-state index contributed by atoms with van der Waals surface area (Å²) in [5, 5.41) is 14.5. The number of rotatable bonds is 6. The van der Waals surface area contributed by atoms with E-state index in [0.717, 1.165) is 42.8 Å². The van der Waals surface area contributed by atoms with Gasteiger partial charge in [-0.15, -0.1) is 0 Å². The van der Waals surface area contributed by atoms with Crippen LogP contribution in [0.15, 0.2) is 6.20 Å². The molecular weight excluding hydrogens is 252 g/mol. The number of nitrogens with zero attached hydrogens (tertiary/aromatic N) is 3. The lowest BCUT2D eigenvalue weighted by molar-refractivity contribution is 0.389. The third-order valence-corrected chi connectivity index (χ3v) is 3.01. The standard InChI is InChI=1S/C14H24N6/c1-5-7-16-13-18-11(15-8-6-14(2,3)4)10-9-17-20-12(10)19-13/h9H,5-8H2,1-4H3,(H3,15,16,17,18,19,20). The van der Waals surface area contributed by atoms with Gasteiger partial charge in [0.1, 0.15) is 5.82 Å². The molecule has 3 N–H and O–H groups in total. The van der Waals surface area contributed by atoms with Gasteiger partial charge in [-0.3, -0.25) is 5.10 Å². The summed E-state index contributed by atoms with van der Waals surface area (Å²) in [5.74, 6) is 1.48. The molecular formula is C14H24N6. The van der Waals surface area contributed by atoms with Gasteiger partial charge < -0.3 is 10.6 Å². The van der Waals surface area contributed by atoms with Gasteiger partial charge in [-0.05, 0) is 18.3 Å². The van der Waals surface area contributed by atoms with Crippen molar-refractivity contribution in [1.29, 1.82) is 0 Å². The molecule has 0 unspecified atom stereocenters. The molecule has 0 saturated heterocycles. The van der Waals surface area contributed by atoms with Gasteiger partial charge in [0.05, 0.1) is 11.6 Å². The molecule has 6 nitrogen and oxygen atoms in total. The highest BCUT2D eigenvalue weighted by Gasteiger charge is 2.12. The highest BCUT2D eigenvalue weighted by molar-refractivity contribution is 5.86. The molecule has 6 heteroatoms. The molecule has 110 valence electrons. The van der Waals surface area contributed by atoms with Gasteiger partial charge in [-0.1, -0.05) is 27.7 Å². The zero-order chi connectivity index (χ0) is 14.6. The van der Waals surface area contributed by atoms with Crippen molar-refractivity contribution >= 4 is 22.8 Å². The van der Waals surface area contributed by atoms with E-state index in [1.165, 1.54) is 0 Å². The third kappa shape index (κ3) is 3.82. The lowest BCUT2D eigenvalue weighted by Gasteiger charge is -2.18. The largest absolute Gasteiger partial charge is 0.369 e. The second-order valence-electron chi connectivity index (χ2n) is 6.19. The summed E-state index contributed by atoms with van der Waals surface area (Å²) in [6.45, 7) is 10.6. The van der Waals surface area contributed by atoms with E-state index in [-0.39, 0.29) is 0 Å². The van der Waals surface area contributed by atoms with Crippen LogP contribution in [0.3, 0.4) is 0 Å². The molecule has 0 aromatic carbocycles. The first kappa shape index (κ1) is 14.6. The van der Waals surface area contributed by atoms with Crippen molar-refractivity contribution < 1.29 is 0 Å². The maximum atomic E-state index is 4.54. The molecule has 2 heterocycles. The predicted molar refractivity (Wildman–Crippen MR) is 83.0 cm³/mol. The van der Waals surface area contributed by atoms with Gasteiger partial charge in [-0.25, -0.2) is 0 Å². The SMILES string of the molecule is CCCNc1nc(NCCC(C)(C)C)c2cn[nH]c2n1. The van der Waals surface area contributed by atoms with Crippen LogP contribution in [0.2, 0.25) is 0 Å². The molecule has 0 atom stereocenters. The van der Waals surface area contributed by atoms with Gasteiger partial charge in [0.25, 0.3) is 0 Å². The van der Waals surface area contributed by atoms with Gasteiger partial charge in [-0.2, -0.15) is 15.1 Å². The maximum absolute atomic E-state index is 4.54. The van der Waals surface area contributed by atoms with Gasteiger partial charge in [0.15, 0.2) is 5.65 Å². The molecule has 0 radical (unpaired) electrons. The fourth-order valence-electron chi connectivity index (χ4n) is 1.84. The quantitative estimate of drug-likeness (QED) is 0.756. The zero-order valence-corrected chi connectivity index (χ0v) is 12.7. The summed E-state index contributed by atoms with van der Waals surface area (Å²) in [5.41, 5.74) is 1.07. The van der Waals surface area contributed by atoms with Crippen LogP contribution in [0.25, 0.3) is 11.0 Å². The van der Waals surface area contributed by atoms with E-state index < -0.39 is 0 Å². The van der Waals surface area contributed by atoms with Gasteiger partial charge in [0, 0.05) is 13.1 Å². The second-order valence-corrected chi connectivity index (χ2v) is 6.19. The number of aromatic amines is 1. The normalized spacial score (nSPS) is 11.8. The van der Waals surface area contributed by atoms with E-state index in [4.69, 9.17) is 0 Å². The van der Waals surface area contributed by atoms with Crippen LogP contribution in [0.4, 0.5) is 11.8 Å². The summed E-state index contributed by atoms with van der Waals surface area (Å²) in [6.07, 6.45) is 3.88. The van der Waals surface area contributed by atoms with E-state index in [9.17, 15) is 0 Å². The molecule has 0 saturated carbocycles. The Kier molecular flexibility index (Phi) is 4.42. The van der Waals surface area contributed by atoms with Crippen molar-refractivity contribution in [3.63, 3.8) is 0 Å². The predicted octanol–water partition coefficient (Wildman–Crippen LogP) is 3.02. The monoisotopic (exact) mass is 276 g/mol. The van der Waals surface area contributed by atoms with Crippen LogP contribution < -0.4 is 10.6 Å². The van der Waals surface area contributed by atoms with Crippen molar-refractivity contribution in [1.82, 2.24) is 20.2 Å². The number of hydrogen-bond acceptors (Lipinski definition) is 5. The summed E-state index contributed by atoms with van der Waals surface area (Å²) >= 11 is 0. The number of anilines is 2. The Morgan fingerprint density at radius 1 is 1.15 bits per heavy atom. The van der Waals surface area contributed by atoms with Crippen molar-refractivity contribution in [2.75, 3.05) is 23.7 Å². The smallest absolute Gasteiger partial charge is 0.226 e. The van der Waals surface area contributed by atoms with Crippen molar-refractivity contribution in [3.8, 4) is 0 Å². The molecule has 0 bridgehead atoms. The topological polar surface area (TPSA) is 78.5 Å². The highest BCUT2D eigenvalue weighted by atomic mass is 15.2. The minimum absolute atomic E-state index is 0.304. The first-order valence-electron chi connectivity index (χ1n) is 7.18. The fraction of sp³-hybridized carbons (Fsp3) is 0.643. The van der Waals surface area contributed by atoms with E-state index in [1.54, 1.807) is 6.20 Å². The molecule has 0 aliphatic carbocycles. The molecule has 0 aliphatic heterocycles. The van der Waals surface area contributed by atoms with Crippen molar-refractivity contribution in [3.05, 3.63) is 6.20 Å². The number of aromatic nitrogens is 4. The van der Waals surface area contributed by atoms with Gasteiger partial charge in [0.2, 0.25) is 5.95 Å². The molecule has 2 aromatic rings. The number of hydrogen-bond donors (Lipinski definition) is 3. The first-order chi connectivity index (χ1) is 9.49. The fourth-order valence-corrected chi connectivity index (χ4v) is 1.84. The van der Waals surface area contributed by atoms with Crippen LogP contribution in [0, 0.1) is 5.41 Å². The minimum atomic E-state index is 0.304. The first-order valence-corrected chi connectivity index (χ1v) is 7.18. The maximum Gasteiger partial charge on any atom is 0.226 e. The third-order valence-electron chi connectivity index (χ3n) is 3.01. The summed E-state index contributed by atoms with van der Waals surface area (Å²) < 4.78 is 0. The lowest BCUT2D eigenvalue weighted by Crippen LogP contribution is -2.14. The Labute approximate surface area is 119 Å². The molecule has 0 spiro atoms. The van der Waals surface area contributed by atoms with E-state index in [2.05, 4.69) is 58.5 Å². The molecule has 2 aromatic heterocycles. The lowest BCUT2D eigenvalue weighted by atomic mass is 9.92. The molecule has 0 aliphatic rings. The van der Waals surface area contributed by atoms with Gasteiger partial charge >= 0.3 is 0 Å². The summed E-state index contributed by atoms with van der Waals surface area (Å²) in [6, 6.07) is 0. The molecule has 0 amide bonds. The summed E-state index contributed by atoms with van der Waals surface area (Å²) in [7, 11) is 0. The van der Waals surface area contributed by atoms with E-state index in [1.807, 2.05) is 0 Å².